The average Bonchev–Trinajstić information content (AvgIpc) is 2.76. The van der Waals surface area contributed by atoms with Crippen molar-refractivity contribution < 1.29 is 13.9 Å². The van der Waals surface area contributed by atoms with Crippen molar-refractivity contribution in [1.29, 1.82) is 0 Å². The molecule has 0 aliphatic carbocycles. The summed E-state index contributed by atoms with van der Waals surface area (Å²) in [5, 5.41) is 11.8. The van der Waals surface area contributed by atoms with Crippen LogP contribution in [0, 0.1) is 11.6 Å². The molecule has 1 atom stereocenters. The summed E-state index contributed by atoms with van der Waals surface area (Å²) >= 11 is 7.63. The Kier molecular flexibility index (Phi) is 4.53. The molecule has 1 N–H and O–H groups in total. The van der Waals surface area contributed by atoms with Gasteiger partial charge in [0.1, 0.15) is 11.6 Å². The minimum absolute atomic E-state index is 0.101. The Morgan fingerprint density at radius 3 is 2.50 bits per heavy atom. The molecule has 0 saturated heterocycles. The molecule has 0 radical (unpaired) electrons. The van der Waals surface area contributed by atoms with Crippen LogP contribution in [0.4, 0.5) is 8.78 Å². The largest absolute Gasteiger partial charge is 0.387 e. The number of benzene rings is 1. The summed E-state index contributed by atoms with van der Waals surface area (Å²) in [6.07, 6.45) is -1.03. The van der Waals surface area contributed by atoms with Gasteiger partial charge in [0.15, 0.2) is 0 Å². The Hall–Kier alpha value is -0.300. The zero-order chi connectivity index (χ0) is 13.3. The Morgan fingerprint density at radius 1 is 1.17 bits per heavy atom. The van der Waals surface area contributed by atoms with Crippen molar-refractivity contribution in [3.05, 3.63) is 54.6 Å². The molecule has 0 amide bonds. The Bertz CT molecular complexity index is 571. The molecule has 0 bridgehead atoms. The summed E-state index contributed by atoms with van der Waals surface area (Å²) in [7, 11) is 0. The Balaban J connectivity index is 2.30. The third-order valence-corrected chi connectivity index (χ3v) is 5.07. The minimum atomic E-state index is -0.933. The van der Waals surface area contributed by atoms with Crippen molar-refractivity contribution in [2.45, 2.75) is 12.5 Å². The molecule has 0 spiro atoms. The first-order valence-corrected chi connectivity index (χ1v) is 7.50. The first kappa shape index (κ1) is 14.1. The zero-order valence-electron chi connectivity index (χ0n) is 8.96. The van der Waals surface area contributed by atoms with Crippen LogP contribution in [0.1, 0.15) is 16.5 Å². The van der Waals surface area contributed by atoms with Crippen LogP contribution in [0.15, 0.2) is 32.5 Å². The van der Waals surface area contributed by atoms with E-state index >= 15 is 0 Å². The molecule has 1 aromatic carbocycles. The molecule has 1 nitrogen and oxygen atoms in total. The van der Waals surface area contributed by atoms with Crippen molar-refractivity contribution >= 4 is 43.2 Å². The zero-order valence-corrected chi connectivity index (χ0v) is 12.9. The summed E-state index contributed by atoms with van der Waals surface area (Å²) in [6.45, 7) is 0. The van der Waals surface area contributed by atoms with Gasteiger partial charge in [-0.1, -0.05) is 0 Å². The molecule has 2 rings (SSSR count). The fourth-order valence-electron chi connectivity index (χ4n) is 1.59. The van der Waals surface area contributed by atoms with E-state index < -0.39 is 17.7 Å². The molecule has 18 heavy (non-hydrogen) atoms. The maximum atomic E-state index is 13.8. The van der Waals surface area contributed by atoms with Crippen LogP contribution in [0.25, 0.3) is 0 Å². The average molecular weight is 398 g/mol. The van der Waals surface area contributed by atoms with Gasteiger partial charge in [-0.05, 0) is 55.4 Å². The third-order valence-electron chi connectivity index (χ3n) is 2.48. The van der Waals surface area contributed by atoms with Crippen LogP contribution in [0.3, 0.4) is 0 Å². The summed E-state index contributed by atoms with van der Waals surface area (Å²) in [4.78, 5) is 0.661. The first-order chi connectivity index (χ1) is 8.50. The van der Waals surface area contributed by atoms with Crippen LogP contribution in [-0.2, 0) is 6.42 Å². The van der Waals surface area contributed by atoms with E-state index in [1.165, 1.54) is 23.5 Å². The van der Waals surface area contributed by atoms with Crippen LogP contribution >= 0.6 is 43.2 Å². The number of thiophene rings is 1. The number of aliphatic hydroxyl groups excluding tert-OH is 1. The highest BCUT2D eigenvalue weighted by atomic mass is 79.9. The number of aliphatic hydroxyl groups is 1. The fourth-order valence-corrected chi connectivity index (χ4v) is 3.58. The topological polar surface area (TPSA) is 20.2 Å². The van der Waals surface area contributed by atoms with E-state index in [4.69, 9.17) is 0 Å². The fraction of sp³-hybridized carbons (Fsp3) is 0.167. The normalized spacial score (nSPS) is 12.7. The van der Waals surface area contributed by atoms with Crippen LogP contribution in [-0.4, -0.2) is 5.11 Å². The van der Waals surface area contributed by atoms with Crippen LogP contribution in [0.2, 0.25) is 0 Å². The third kappa shape index (κ3) is 2.82. The minimum Gasteiger partial charge on any atom is -0.387 e. The maximum absolute atomic E-state index is 13.8. The lowest BCUT2D eigenvalue weighted by molar-refractivity contribution is 0.178. The van der Waals surface area contributed by atoms with Crippen molar-refractivity contribution in [2.75, 3.05) is 0 Å². The van der Waals surface area contributed by atoms with Gasteiger partial charge >= 0.3 is 0 Å². The second-order valence-corrected chi connectivity index (χ2v) is 6.33. The molecule has 1 heterocycles. The summed E-state index contributed by atoms with van der Waals surface area (Å²) in [5.41, 5.74) is -0.114. The molecule has 0 aliphatic rings. The monoisotopic (exact) mass is 396 g/mol. The van der Waals surface area contributed by atoms with Gasteiger partial charge < -0.3 is 5.11 Å². The number of hydrogen-bond acceptors (Lipinski definition) is 2. The Labute approximate surface area is 124 Å². The van der Waals surface area contributed by atoms with Gasteiger partial charge in [-0.15, -0.1) is 11.3 Å². The molecule has 1 aromatic heterocycles. The van der Waals surface area contributed by atoms with E-state index in [1.54, 1.807) is 11.4 Å². The van der Waals surface area contributed by atoms with E-state index in [-0.39, 0.29) is 16.5 Å². The Morgan fingerprint density at radius 2 is 1.89 bits per heavy atom. The highest BCUT2D eigenvalue weighted by Crippen LogP contribution is 2.33. The number of halogens is 4. The quantitative estimate of drug-likeness (QED) is 0.735. The van der Waals surface area contributed by atoms with Crippen molar-refractivity contribution in [2.24, 2.45) is 0 Å². The van der Waals surface area contributed by atoms with E-state index in [0.29, 0.717) is 4.88 Å². The summed E-state index contributed by atoms with van der Waals surface area (Å²) in [6, 6.07) is 4.27. The predicted octanol–water partition coefficient (Wildman–Crippen LogP) is 4.83. The van der Waals surface area contributed by atoms with Crippen molar-refractivity contribution in [3.63, 3.8) is 0 Å². The summed E-state index contributed by atoms with van der Waals surface area (Å²) in [5.74, 6) is -1.32. The highest BCUT2D eigenvalue weighted by Gasteiger charge is 2.19. The molecule has 0 saturated carbocycles. The van der Waals surface area contributed by atoms with Gasteiger partial charge in [0.25, 0.3) is 0 Å². The second-order valence-electron chi connectivity index (χ2n) is 3.67. The smallest absolute Gasteiger partial charge is 0.143 e. The lowest BCUT2D eigenvalue weighted by Crippen LogP contribution is -2.05. The molecular formula is C12H8Br2F2OS. The van der Waals surface area contributed by atoms with E-state index in [9.17, 15) is 13.9 Å². The molecule has 96 valence electrons. The molecule has 0 fully saturated rings. The van der Waals surface area contributed by atoms with Crippen molar-refractivity contribution in [1.82, 2.24) is 0 Å². The number of hydrogen-bond donors (Lipinski definition) is 1. The molecular weight excluding hydrogens is 390 g/mol. The van der Waals surface area contributed by atoms with Gasteiger partial charge in [0, 0.05) is 21.3 Å². The second kappa shape index (κ2) is 5.77. The molecule has 1 unspecified atom stereocenters. The molecule has 6 heteroatoms. The lowest BCUT2D eigenvalue weighted by Gasteiger charge is -2.12. The van der Waals surface area contributed by atoms with E-state index in [0.717, 1.165) is 4.47 Å². The molecule has 0 aliphatic heterocycles. The van der Waals surface area contributed by atoms with Gasteiger partial charge in [-0.3, -0.25) is 0 Å². The van der Waals surface area contributed by atoms with E-state index in [1.807, 2.05) is 0 Å². The predicted molar refractivity (Wildman–Crippen MR) is 74.7 cm³/mol. The van der Waals surface area contributed by atoms with Crippen molar-refractivity contribution in [3.8, 4) is 0 Å². The van der Waals surface area contributed by atoms with E-state index in [2.05, 4.69) is 31.9 Å². The van der Waals surface area contributed by atoms with Gasteiger partial charge in [0.05, 0.1) is 10.6 Å². The standard InChI is InChI=1S/C12H8Br2F2OS/c13-7-1-2-9(15)6(11(7)16)5-10(17)12-8(14)3-4-18-12/h1-4,10,17H,5H2. The van der Waals surface area contributed by atoms with Gasteiger partial charge in [0.2, 0.25) is 0 Å². The van der Waals surface area contributed by atoms with Gasteiger partial charge in [-0.25, -0.2) is 8.78 Å². The van der Waals surface area contributed by atoms with Crippen LogP contribution in [0.5, 0.6) is 0 Å². The first-order valence-electron chi connectivity index (χ1n) is 5.04. The maximum Gasteiger partial charge on any atom is 0.143 e. The SMILES string of the molecule is OC(Cc1c(F)ccc(Br)c1F)c1sccc1Br. The molecule has 2 aromatic rings. The lowest BCUT2D eigenvalue weighted by atomic mass is 10.1. The number of rotatable bonds is 3. The van der Waals surface area contributed by atoms with Crippen LogP contribution < -0.4 is 0 Å². The van der Waals surface area contributed by atoms with Gasteiger partial charge in [-0.2, -0.15) is 0 Å². The highest BCUT2D eigenvalue weighted by molar-refractivity contribution is 9.10. The summed E-state index contributed by atoms with van der Waals surface area (Å²) < 4.78 is 28.2.